The van der Waals surface area contributed by atoms with E-state index >= 15 is 0 Å². The zero-order valence-electron chi connectivity index (χ0n) is 9.93. The van der Waals surface area contributed by atoms with Crippen LogP contribution in [0, 0.1) is 5.92 Å². The Morgan fingerprint density at radius 3 is 2.88 bits per heavy atom. The smallest absolute Gasteiger partial charge is 0.0741 e. The van der Waals surface area contributed by atoms with E-state index in [-0.39, 0.29) is 12.7 Å². The van der Waals surface area contributed by atoms with Crippen molar-refractivity contribution in [2.75, 3.05) is 18.0 Å². The first kappa shape index (κ1) is 12.7. The van der Waals surface area contributed by atoms with Gasteiger partial charge in [0.25, 0.3) is 0 Å². The quantitative estimate of drug-likeness (QED) is 0.850. The second-order valence-electron chi connectivity index (χ2n) is 4.67. The largest absolute Gasteiger partial charge is 0.392 e. The van der Waals surface area contributed by atoms with Crippen LogP contribution in [-0.4, -0.2) is 29.4 Å². The van der Waals surface area contributed by atoms with Gasteiger partial charge in [0.05, 0.1) is 12.7 Å². The highest BCUT2D eigenvalue weighted by atomic mass is 35.5. The van der Waals surface area contributed by atoms with Crippen molar-refractivity contribution in [3.63, 3.8) is 0 Å². The molecule has 0 aliphatic carbocycles. The number of β-amino-alcohol motifs (C(OH)–C–C–N with tert-alkyl or cyclic N) is 1. The summed E-state index contributed by atoms with van der Waals surface area (Å²) < 4.78 is 0. The Labute approximate surface area is 107 Å². The van der Waals surface area contributed by atoms with Crippen LogP contribution in [-0.2, 0) is 6.61 Å². The topological polar surface area (TPSA) is 43.7 Å². The molecule has 1 aliphatic heterocycles. The molecular formula is C13H18ClNO2. The highest BCUT2D eigenvalue weighted by Crippen LogP contribution is 2.30. The summed E-state index contributed by atoms with van der Waals surface area (Å²) in [6, 6.07) is 5.60. The normalized spacial score (nSPS) is 25.1. The number of anilines is 1. The fourth-order valence-electron chi connectivity index (χ4n) is 2.27. The van der Waals surface area contributed by atoms with Gasteiger partial charge in [0.1, 0.15) is 0 Å². The number of halogens is 1. The maximum atomic E-state index is 9.91. The number of hydrogen-bond acceptors (Lipinski definition) is 3. The summed E-state index contributed by atoms with van der Waals surface area (Å²) in [5.41, 5.74) is 1.68. The molecule has 2 atom stereocenters. The van der Waals surface area contributed by atoms with Gasteiger partial charge in [-0.1, -0.05) is 24.6 Å². The molecule has 2 N–H and O–H groups in total. The fraction of sp³-hybridized carbons (Fsp3) is 0.538. The molecule has 1 saturated heterocycles. The van der Waals surface area contributed by atoms with Crippen LogP contribution in [0.2, 0.25) is 5.02 Å². The molecule has 17 heavy (non-hydrogen) atoms. The predicted molar refractivity (Wildman–Crippen MR) is 69.4 cm³/mol. The van der Waals surface area contributed by atoms with Gasteiger partial charge in [-0.05, 0) is 24.5 Å². The van der Waals surface area contributed by atoms with E-state index in [0.717, 1.165) is 24.2 Å². The molecule has 1 aromatic rings. The number of benzene rings is 1. The molecule has 0 saturated carbocycles. The summed E-state index contributed by atoms with van der Waals surface area (Å²) in [6.07, 6.45) is 0.646. The van der Waals surface area contributed by atoms with Crippen LogP contribution in [0.1, 0.15) is 18.9 Å². The van der Waals surface area contributed by atoms with Crippen LogP contribution >= 0.6 is 11.6 Å². The molecule has 0 amide bonds. The van der Waals surface area contributed by atoms with Crippen molar-refractivity contribution in [2.45, 2.75) is 26.1 Å². The molecule has 1 fully saturated rings. The molecule has 1 aromatic carbocycles. The molecular weight excluding hydrogens is 238 g/mol. The lowest BCUT2D eigenvalue weighted by Gasteiger charge is -2.36. The van der Waals surface area contributed by atoms with Gasteiger partial charge < -0.3 is 15.1 Å². The molecule has 4 heteroatoms. The SMILES string of the molecule is CC1CCN(c2cccc(Cl)c2CO)CC1O. The van der Waals surface area contributed by atoms with Gasteiger partial charge in [-0.3, -0.25) is 0 Å². The zero-order chi connectivity index (χ0) is 12.4. The molecule has 1 aliphatic rings. The van der Waals surface area contributed by atoms with Crippen molar-refractivity contribution in [2.24, 2.45) is 5.92 Å². The predicted octanol–water partition coefficient (Wildman–Crippen LogP) is 2.04. The average Bonchev–Trinajstić information content (AvgIpc) is 2.32. The minimum atomic E-state index is -0.311. The van der Waals surface area contributed by atoms with Gasteiger partial charge >= 0.3 is 0 Å². The number of hydrogen-bond donors (Lipinski definition) is 2. The summed E-state index contributed by atoms with van der Waals surface area (Å²) in [7, 11) is 0. The number of piperidine rings is 1. The number of aliphatic hydroxyl groups excluding tert-OH is 2. The lowest BCUT2D eigenvalue weighted by molar-refractivity contribution is 0.103. The first-order chi connectivity index (χ1) is 8.13. The minimum absolute atomic E-state index is 0.0723. The highest BCUT2D eigenvalue weighted by Gasteiger charge is 2.25. The third kappa shape index (κ3) is 2.57. The van der Waals surface area contributed by atoms with E-state index in [0.29, 0.717) is 17.5 Å². The van der Waals surface area contributed by atoms with Crippen LogP contribution in [0.3, 0.4) is 0 Å². The molecule has 1 heterocycles. The second-order valence-corrected chi connectivity index (χ2v) is 5.08. The molecule has 94 valence electrons. The Kier molecular flexibility index (Phi) is 3.92. The molecule has 2 rings (SSSR count). The molecule has 0 bridgehead atoms. The van der Waals surface area contributed by atoms with Gasteiger partial charge in [-0.2, -0.15) is 0 Å². The van der Waals surface area contributed by atoms with Crippen LogP contribution in [0.5, 0.6) is 0 Å². The van der Waals surface area contributed by atoms with Gasteiger partial charge in [0.15, 0.2) is 0 Å². The first-order valence-corrected chi connectivity index (χ1v) is 6.32. The number of aliphatic hydroxyl groups is 2. The Morgan fingerprint density at radius 1 is 1.47 bits per heavy atom. The Balaban J connectivity index is 2.25. The summed E-state index contributed by atoms with van der Waals surface area (Å²) in [6.45, 7) is 3.49. The van der Waals surface area contributed by atoms with Gasteiger partial charge in [0.2, 0.25) is 0 Å². The number of rotatable bonds is 2. The van der Waals surface area contributed by atoms with Crippen LogP contribution < -0.4 is 4.90 Å². The van der Waals surface area contributed by atoms with Crippen LogP contribution in [0.25, 0.3) is 0 Å². The maximum absolute atomic E-state index is 9.91. The summed E-state index contributed by atoms with van der Waals surface area (Å²) >= 11 is 6.06. The van der Waals surface area contributed by atoms with Crippen LogP contribution in [0.15, 0.2) is 18.2 Å². The van der Waals surface area contributed by atoms with Crippen molar-refractivity contribution in [3.8, 4) is 0 Å². The Bertz CT molecular complexity index is 397. The minimum Gasteiger partial charge on any atom is -0.392 e. The number of nitrogens with zero attached hydrogens (tertiary/aromatic N) is 1. The Hall–Kier alpha value is -0.770. The van der Waals surface area contributed by atoms with Gasteiger partial charge in [-0.25, -0.2) is 0 Å². The molecule has 0 radical (unpaired) electrons. The zero-order valence-corrected chi connectivity index (χ0v) is 10.7. The highest BCUT2D eigenvalue weighted by molar-refractivity contribution is 6.31. The second kappa shape index (κ2) is 5.25. The average molecular weight is 256 g/mol. The molecule has 2 unspecified atom stereocenters. The van der Waals surface area contributed by atoms with E-state index in [1.54, 1.807) is 6.07 Å². The van der Waals surface area contributed by atoms with Crippen molar-refractivity contribution in [1.82, 2.24) is 0 Å². The summed E-state index contributed by atoms with van der Waals surface area (Å²) in [4.78, 5) is 2.10. The lowest BCUT2D eigenvalue weighted by atomic mass is 9.95. The molecule has 0 aromatic heterocycles. The maximum Gasteiger partial charge on any atom is 0.0741 e. The van der Waals surface area contributed by atoms with Gasteiger partial charge in [0, 0.05) is 29.4 Å². The van der Waals surface area contributed by atoms with Gasteiger partial charge in [-0.15, -0.1) is 0 Å². The monoisotopic (exact) mass is 255 g/mol. The van der Waals surface area contributed by atoms with Crippen molar-refractivity contribution < 1.29 is 10.2 Å². The van der Waals surface area contributed by atoms with E-state index < -0.39 is 0 Å². The van der Waals surface area contributed by atoms with E-state index in [1.165, 1.54) is 0 Å². The summed E-state index contributed by atoms with van der Waals surface area (Å²) in [5, 5.41) is 19.9. The van der Waals surface area contributed by atoms with E-state index in [2.05, 4.69) is 11.8 Å². The Morgan fingerprint density at radius 2 is 2.24 bits per heavy atom. The standard InChI is InChI=1S/C13H18ClNO2/c1-9-5-6-15(7-13(9)17)12-4-2-3-11(14)10(12)8-16/h2-4,9,13,16-17H,5-8H2,1H3. The van der Waals surface area contributed by atoms with Crippen molar-refractivity contribution in [1.29, 1.82) is 0 Å². The van der Waals surface area contributed by atoms with E-state index in [4.69, 9.17) is 11.6 Å². The van der Waals surface area contributed by atoms with E-state index in [1.807, 2.05) is 12.1 Å². The lowest BCUT2D eigenvalue weighted by Crippen LogP contribution is -2.43. The van der Waals surface area contributed by atoms with Crippen LogP contribution in [0.4, 0.5) is 5.69 Å². The van der Waals surface area contributed by atoms with E-state index in [9.17, 15) is 10.2 Å². The van der Waals surface area contributed by atoms with Crippen molar-refractivity contribution in [3.05, 3.63) is 28.8 Å². The fourth-order valence-corrected chi connectivity index (χ4v) is 2.50. The third-order valence-electron chi connectivity index (χ3n) is 3.51. The van der Waals surface area contributed by atoms with Crippen molar-refractivity contribution >= 4 is 17.3 Å². The molecule has 3 nitrogen and oxygen atoms in total. The first-order valence-electron chi connectivity index (χ1n) is 5.94. The third-order valence-corrected chi connectivity index (χ3v) is 3.87. The summed E-state index contributed by atoms with van der Waals surface area (Å²) in [5.74, 6) is 0.336. The molecule has 0 spiro atoms.